The number of rotatable bonds is 4. The van der Waals surface area contributed by atoms with Crippen LogP contribution in [0.3, 0.4) is 0 Å². The van der Waals surface area contributed by atoms with Crippen molar-refractivity contribution in [2.45, 2.75) is 24.2 Å². The number of thioether (sulfide) groups is 1. The molecule has 1 aromatic heterocycles. The van der Waals surface area contributed by atoms with Gasteiger partial charge in [0.1, 0.15) is 0 Å². The number of thiazole rings is 1. The average molecular weight is 367 g/mol. The zero-order chi connectivity index (χ0) is 17.2. The summed E-state index contributed by atoms with van der Waals surface area (Å²) in [5.41, 5.74) is 5.63. The Balaban J connectivity index is 1.54. The lowest BCUT2D eigenvalue weighted by atomic mass is 10.1. The minimum atomic E-state index is -0.111. The van der Waals surface area contributed by atoms with E-state index < -0.39 is 0 Å². The third-order valence-electron chi connectivity index (χ3n) is 4.47. The van der Waals surface area contributed by atoms with Crippen molar-refractivity contribution >= 4 is 34.1 Å². The smallest absolute Gasteiger partial charge is 0.258 e. The fraction of sp³-hybridized carbons (Fsp3) is 0.200. The molecule has 0 bridgehead atoms. The quantitative estimate of drug-likeness (QED) is 0.639. The maximum Gasteiger partial charge on any atom is 0.258 e. The Kier molecular flexibility index (Phi) is 4.59. The summed E-state index contributed by atoms with van der Waals surface area (Å²) in [6.45, 7) is 0. The first-order valence-corrected chi connectivity index (χ1v) is 10.4. The summed E-state index contributed by atoms with van der Waals surface area (Å²) in [4.78, 5) is 18.1. The molecule has 5 heteroatoms. The van der Waals surface area contributed by atoms with Gasteiger partial charge in [0, 0.05) is 15.8 Å². The van der Waals surface area contributed by atoms with Crippen LogP contribution in [-0.4, -0.2) is 17.1 Å². The van der Waals surface area contributed by atoms with Crippen LogP contribution in [0.4, 0.5) is 5.13 Å². The van der Waals surface area contributed by atoms with Crippen molar-refractivity contribution in [3.05, 3.63) is 64.5 Å². The second kappa shape index (κ2) is 7.02. The largest absolute Gasteiger partial charge is 0.298 e. The topological polar surface area (TPSA) is 42.0 Å². The van der Waals surface area contributed by atoms with E-state index >= 15 is 0 Å². The van der Waals surface area contributed by atoms with E-state index in [2.05, 4.69) is 28.5 Å². The molecule has 25 heavy (non-hydrogen) atoms. The van der Waals surface area contributed by atoms with Crippen molar-refractivity contribution < 1.29 is 4.79 Å². The van der Waals surface area contributed by atoms with Gasteiger partial charge >= 0.3 is 0 Å². The Morgan fingerprint density at radius 2 is 2.00 bits per heavy atom. The third kappa shape index (κ3) is 3.34. The number of hydrogen-bond donors (Lipinski definition) is 1. The van der Waals surface area contributed by atoms with Gasteiger partial charge in [-0.2, -0.15) is 0 Å². The fourth-order valence-corrected chi connectivity index (χ4v) is 4.50. The number of fused-ring (bicyclic) bond motifs is 1. The molecule has 0 fully saturated rings. The minimum Gasteiger partial charge on any atom is -0.298 e. The summed E-state index contributed by atoms with van der Waals surface area (Å²) in [6, 6.07) is 14.2. The highest BCUT2D eigenvalue weighted by atomic mass is 32.2. The zero-order valence-electron chi connectivity index (χ0n) is 13.9. The number of nitrogens with one attached hydrogen (secondary N) is 1. The summed E-state index contributed by atoms with van der Waals surface area (Å²) >= 11 is 3.03. The second-order valence-electron chi connectivity index (χ2n) is 6.03. The van der Waals surface area contributed by atoms with Crippen molar-refractivity contribution in [1.29, 1.82) is 0 Å². The monoisotopic (exact) mass is 366 g/mol. The van der Waals surface area contributed by atoms with E-state index in [0.29, 0.717) is 10.7 Å². The van der Waals surface area contributed by atoms with E-state index in [-0.39, 0.29) is 5.91 Å². The zero-order valence-corrected chi connectivity index (χ0v) is 15.5. The molecule has 1 aliphatic rings. The Labute approximate surface area is 155 Å². The molecular weight excluding hydrogens is 348 g/mol. The molecule has 0 aliphatic heterocycles. The molecule has 1 N–H and O–H groups in total. The van der Waals surface area contributed by atoms with Crippen LogP contribution in [-0.2, 0) is 12.8 Å². The Hall–Kier alpha value is -2.11. The molecule has 0 spiro atoms. The van der Waals surface area contributed by atoms with Gasteiger partial charge in [0.25, 0.3) is 5.91 Å². The number of carbonyl (C=O) groups is 1. The predicted molar refractivity (Wildman–Crippen MR) is 106 cm³/mol. The lowest BCUT2D eigenvalue weighted by Crippen LogP contribution is -2.12. The summed E-state index contributed by atoms with van der Waals surface area (Å²) in [6.07, 6.45) is 5.55. The predicted octanol–water partition coefficient (Wildman–Crippen LogP) is 5.27. The summed E-state index contributed by atoms with van der Waals surface area (Å²) < 4.78 is 0. The molecule has 0 unspecified atom stereocenters. The standard InChI is InChI=1S/C20H18N2OS2/c1-24-18-8-3-2-7-16(18)19(23)22-20-21-17(12-25-20)15-10-9-13-5-4-6-14(13)11-15/h2-3,7-12H,4-6H2,1H3,(H,21,22,23). The average Bonchev–Trinajstić information content (AvgIpc) is 3.30. The first-order valence-electron chi connectivity index (χ1n) is 8.26. The van der Waals surface area contributed by atoms with Crippen LogP contribution in [0.2, 0.25) is 0 Å². The van der Waals surface area contributed by atoms with Gasteiger partial charge in [-0.25, -0.2) is 4.98 Å². The Bertz CT molecular complexity index is 933. The number of aryl methyl sites for hydroxylation is 2. The summed E-state index contributed by atoms with van der Waals surface area (Å²) in [5.74, 6) is -0.111. The molecule has 1 heterocycles. The fourth-order valence-electron chi connectivity index (χ4n) is 3.19. The van der Waals surface area contributed by atoms with Crippen molar-refractivity contribution in [2.75, 3.05) is 11.6 Å². The van der Waals surface area contributed by atoms with E-state index in [0.717, 1.165) is 22.6 Å². The van der Waals surface area contributed by atoms with Gasteiger partial charge in [-0.15, -0.1) is 23.1 Å². The molecule has 0 radical (unpaired) electrons. The van der Waals surface area contributed by atoms with E-state index in [9.17, 15) is 4.79 Å². The van der Waals surface area contributed by atoms with Crippen LogP contribution < -0.4 is 5.32 Å². The molecular formula is C20H18N2OS2. The molecule has 0 saturated carbocycles. The highest BCUT2D eigenvalue weighted by molar-refractivity contribution is 7.98. The lowest BCUT2D eigenvalue weighted by Gasteiger charge is -2.06. The van der Waals surface area contributed by atoms with Gasteiger partial charge in [-0.3, -0.25) is 10.1 Å². The van der Waals surface area contributed by atoms with Crippen LogP contribution in [0.1, 0.15) is 27.9 Å². The number of amides is 1. The van der Waals surface area contributed by atoms with Crippen LogP contribution in [0, 0.1) is 0 Å². The Morgan fingerprint density at radius 1 is 1.16 bits per heavy atom. The van der Waals surface area contributed by atoms with Gasteiger partial charge < -0.3 is 0 Å². The van der Waals surface area contributed by atoms with Crippen LogP contribution in [0.15, 0.2) is 52.7 Å². The number of carbonyl (C=O) groups excluding carboxylic acids is 1. The van der Waals surface area contributed by atoms with Crippen LogP contribution in [0.5, 0.6) is 0 Å². The number of hydrogen-bond acceptors (Lipinski definition) is 4. The van der Waals surface area contributed by atoms with E-state index in [4.69, 9.17) is 0 Å². The van der Waals surface area contributed by atoms with E-state index in [1.165, 1.54) is 35.3 Å². The normalized spacial score (nSPS) is 12.8. The molecule has 126 valence electrons. The van der Waals surface area contributed by atoms with Gasteiger partial charge in [-0.05, 0) is 54.8 Å². The third-order valence-corrected chi connectivity index (χ3v) is 6.02. The van der Waals surface area contributed by atoms with Gasteiger partial charge in [0.2, 0.25) is 0 Å². The summed E-state index contributed by atoms with van der Waals surface area (Å²) in [7, 11) is 0. The maximum absolute atomic E-state index is 12.5. The van der Waals surface area contributed by atoms with Crippen LogP contribution >= 0.6 is 23.1 Å². The van der Waals surface area contributed by atoms with Gasteiger partial charge in [0.05, 0.1) is 11.3 Å². The maximum atomic E-state index is 12.5. The van der Waals surface area contributed by atoms with Crippen molar-refractivity contribution in [3.8, 4) is 11.3 Å². The van der Waals surface area contributed by atoms with Crippen molar-refractivity contribution in [2.24, 2.45) is 0 Å². The first kappa shape index (κ1) is 16.4. The molecule has 1 amide bonds. The van der Waals surface area contributed by atoms with Crippen molar-refractivity contribution in [1.82, 2.24) is 4.98 Å². The molecule has 0 saturated heterocycles. The highest BCUT2D eigenvalue weighted by Crippen LogP contribution is 2.30. The molecule has 1 aliphatic carbocycles. The second-order valence-corrected chi connectivity index (χ2v) is 7.74. The SMILES string of the molecule is CSc1ccccc1C(=O)Nc1nc(-c2ccc3c(c2)CCC3)cs1. The molecule has 4 rings (SSSR count). The van der Waals surface area contributed by atoms with E-state index in [1.807, 2.05) is 35.9 Å². The number of nitrogens with zero attached hydrogens (tertiary/aromatic N) is 1. The molecule has 2 aromatic carbocycles. The first-order chi connectivity index (χ1) is 12.2. The molecule has 3 aromatic rings. The minimum absolute atomic E-state index is 0.111. The van der Waals surface area contributed by atoms with E-state index in [1.54, 1.807) is 11.8 Å². The summed E-state index contributed by atoms with van der Waals surface area (Å²) in [5, 5.41) is 5.57. The van der Waals surface area contributed by atoms with Gasteiger partial charge in [-0.1, -0.05) is 24.3 Å². The van der Waals surface area contributed by atoms with Gasteiger partial charge in [0.15, 0.2) is 5.13 Å². The molecule has 3 nitrogen and oxygen atoms in total. The Morgan fingerprint density at radius 3 is 2.88 bits per heavy atom. The highest BCUT2D eigenvalue weighted by Gasteiger charge is 2.15. The number of anilines is 1. The van der Waals surface area contributed by atoms with Crippen LogP contribution in [0.25, 0.3) is 11.3 Å². The molecule has 0 atom stereocenters. The van der Waals surface area contributed by atoms with Crippen molar-refractivity contribution in [3.63, 3.8) is 0 Å². The number of aromatic nitrogens is 1. The lowest BCUT2D eigenvalue weighted by molar-refractivity contribution is 0.102. The number of benzene rings is 2.